The first-order valence-electron chi connectivity index (χ1n) is 6.15. The molecular weight excluding hydrogens is 220 g/mol. The lowest BCUT2D eigenvalue weighted by molar-refractivity contribution is -0.160. The van der Waals surface area contributed by atoms with Crippen LogP contribution in [0.4, 0.5) is 0 Å². The fourth-order valence-electron chi connectivity index (χ4n) is 2.13. The lowest BCUT2D eigenvalue weighted by Crippen LogP contribution is -2.59. The number of amides is 1. The minimum absolute atomic E-state index is 0.122. The Hall–Kier alpha value is -1.10. The second-order valence-electron chi connectivity index (χ2n) is 5.12. The van der Waals surface area contributed by atoms with Crippen LogP contribution in [0.5, 0.6) is 0 Å². The minimum atomic E-state index is -1.03. The first-order chi connectivity index (χ1) is 7.88. The van der Waals surface area contributed by atoms with Gasteiger partial charge in [0.1, 0.15) is 5.54 Å². The van der Waals surface area contributed by atoms with Gasteiger partial charge in [-0.2, -0.15) is 0 Å². The topological polar surface area (TPSA) is 69.6 Å². The van der Waals surface area contributed by atoms with Gasteiger partial charge in [0.2, 0.25) is 5.91 Å². The van der Waals surface area contributed by atoms with Gasteiger partial charge in [-0.05, 0) is 26.2 Å². The molecule has 98 valence electrons. The van der Waals surface area contributed by atoms with Crippen molar-refractivity contribution in [3.63, 3.8) is 0 Å². The van der Waals surface area contributed by atoms with Crippen LogP contribution in [0, 0.1) is 0 Å². The van der Waals surface area contributed by atoms with E-state index >= 15 is 0 Å². The number of carboxylic acids is 1. The molecular formula is C12H22N2O3. The number of rotatable bonds is 4. The summed E-state index contributed by atoms with van der Waals surface area (Å²) in [7, 11) is 0. The fourth-order valence-corrected chi connectivity index (χ4v) is 2.13. The second-order valence-corrected chi connectivity index (χ2v) is 5.12. The number of hydrogen-bond acceptors (Lipinski definition) is 3. The van der Waals surface area contributed by atoms with Crippen molar-refractivity contribution in [2.75, 3.05) is 13.1 Å². The molecule has 1 aliphatic heterocycles. The van der Waals surface area contributed by atoms with Gasteiger partial charge in [-0.1, -0.05) is 13.8 Å². The Morgan fingerprint density at radius 1 is 1.41 bits per heavy atom. The molecule has 1 atom stereocenters. The summed E-state index contributed by atoms with van der Waals surface area (Å²) in [6.45, 7) is 6.31. The van der Waals surface area contributed by atoms with E-state index in [2.05, 4.69) is 5.32 Å². The highest BCUT2D eigenvalue weighted by Gasteiger charge is 2.43. The van der Waals surface area contributed by atoms with E-state index in [0.717, 1.165) is 12.8 Å². The van der Waals surface area contributed by atoms with Gasteiger partial charge in [0.15, 0.2) is 0 Å². The Morgan fingerprint density at radius 3 is 2.59 bits per heavy atom. The first-order valence-corrected chi connectivity index (χ1v) is 6.15. The van der Waals surface area contributed by atoms with E-state index in [0.29, 0.717) is 13.0 Å². The smallest absolute Gasteiger partial charge is 0.329 e. The van der Waals surface area contributed by atoms with E-state index in [1.54, 1.807) is 6.92 Å². The van der Waals surface area contributed by atoms with Crippen molar-refractivity contribution in [1.29, 1.82) is 0 Å². The van der Waals surface area contributed by atoms with Crippen LogP contribution in [0.1, 0.15) is 40.0 Å². The van der Waals surface area contributed by atoms with E-state index < -0.39 is 11.5 Å². The van der Waals surface area contributed by atoms with Gasteiger partial charge < -0.3 is 15.3 Å². The number of hydrogen-bond donors (Lipinski definition) is 2. The van der Waals surface area contributed by atoms with Crippen molar-refractivity contribution >= 4 is 11.9 Å². The molecule has 0 aromatic heterocycles. The predicted molar refractivity (Wildman–Crippen MR) is 64.7 cm³/mol. The number of nitrogens with zero attached hydrogens (tertiary/aromatic N) is 1. The zero-order chi connectivity index (χ0) is 13.1. The summed E-state index contributed by atoms with van der Waals surface area (Å²) in [5.41, 5.74) is -1.03. The largest absolute Gasteiger partial charge is 0.480 e. The zero-order valence-corrected chi connectivity index (χ0v) is 10.8. The molecule has 0 aliphatic carbocycles. The van der Waals surface area contributed by atoms with Gasteiger partial charge in [0.05, 0.1) is 6.54 Å². The van der Waals surface area contributed by atoms with Crippen LogP contribution in [-0.2, 0) is 9.59 Å². The lowest BCUT2D eigenvalue weighted by atomic mass is 9.88. The number of piperidine rings is 1. The van der Waals surface area contributed by atoms with Gasteiger partial charge in [-0.15, -0.1) is 0 Å². The van der Waals surface area contributed by atoms with Crippen molar-refractivity contribution < 1.29 is 14.7 Å². The maximum absolute atomic E-state index is 12.0. The molecule has 5 nitrogen and oxygen atoms in total. The van der Waals surface area contributed by atoms with Gasteiger partial charge in [-0.25, -0.2) is 4.79 Å². The molecule has 2 N–H and O–H groups in total. The molecule has 0 aromatic rings. The summed E-state index contributed by atoms with van der Waals surface area (Å²) in [6, 6.07) is 0.222. The van der Waals surface area contributed by atoms with Crippen LogP contribution in [0.3, 0.4) is 0 Å². The third-order valence-corrected chi connectivity index (χ3v) is 3.31. The highest BCUT2D eigenvalue weighted by molar-refractivity contribution is 5.87. The van der Waals surface area contributed by atoms with Crippen LogP contribution in [0.2, 0.25) is 0 Å². The average molecular weight is 242 g/mol. The summed E-state index contributed by atoms with van der Waals surface area (Å²) < 4.78 is 0. The fraction of sp³-hybridized carbons (Fsp3) is 0.833. The highest BCUT2D eigenvalue weighted by Crippen LogP contribution is 2.28. The van der Waals surface area contributed by atoms with E-state index in [1.165, 1.54) is 4.90 Å². The van der Waals surface area contributed by atoms with Crippen molar-refractivity contribution in [1.82, 2.24) is 10.2 Å². The number of carbonyl (C=O) groups is 2. The molecule has 17 heavy (non-hydrogen) atoms. The number of aliphatic carboxylic acids is 1. The molecule has 0 aromatic carbocycles. The van der Waals surface area contributed by atoms with Crippen molar-refractivity contribution in [3.05, 3.63) is 0 Å². The third-order valence-electron chi connectivity index (χ3n) is 3.31. The number of carboxylic acid groups (broad SMARTS) is 1. The number of nitrogens with one attached hydrogen (secondary N) is 1. The quantitative estimate of drug-likeness (QED) is 0.766. The molecule has 1 rings (SSSR count). The summed E-state index contributed by atoms with van der Waals surface area (Å²) in [5, 5.41) is 12.3. The van der Waals surface area contributed by atoms with Gasteiger partial charge in [0.25, 0.3) is 0 Å². The average Bonchev–Trinajstić information content (AvgIpc) is 2.26. The predicted octanol–water partition coefficient (Wildman–Crippen LogP) is 0.840. The summed E-state index contributed by atoms with van der Waals surface area (Å²) >= 11 is 0. The molecule has 0 radical (unpaired) electrons. The molecule has 1 fully saturated rings. The minimum Gasteiger partial charge on any atom is -0.480 e. The maximum Gasteiger partial charge on any atom is 0.329 e. The Morgan fingerprint density at radius 2 is 2.06 bits per heavy atom. The van der Waals surface area contributed by atoms with E-state index in [1.807, 2.05) is 13.8 Å². The third kappa shape index (κ3) is 3.19. The normalized spacial score (nSPS) is 25.1. The molecule has 1 amide bonds. The van der Waals surface area contributed by atoms with Crippen molar-refractivity contribution in [3.8, 4) is 0 Å². The monoisotopic (exact) mass is 242 g/mol. The molecule has 0 saturated carbocycles. The summed E-state index contributed by atoms with van der Waals surface area (Å²) in [5.74, 6) is -1.03. The molecule has 5 heteroatoms. The van der Waals surface area contributed by atoms with Gasteiger partial charge >= 0.3 is 5.97 Å². The van der Waals surface area contributed by atoms with Crippen LogP contribution in [0.15, 0.2) is 0 Å². The maximum atomic E-state index is 12.0. The molecule has 1 aliphatic rings. The molecule has 1 saturated heterocycles. The first kappa shape index (κ1) is 14.0. The Balaban J connectivity index is 2.71. The number of carbonyl (C=O) groups excluding carboxylic acids is 1. The molecule has 1 heterocycles. The zero-order valence-electron chi connectivity index (χ0n) is 10.8. The molecule has 1 unspecified atom stereocenters. The standard InChI is InChI=1S/C12H22N2O3/c1-9(2)13-8-10(15)14-7-5-4-6-12(14,3)11(16)17/h9,13H,4-8H2,1-3H3,(H,16,17). The van der Waals surface area contributed by atoms with Gasteiger partial charge in [0, 0.05) is 12.6 Å². The van der Waals surface area contributed by atoms with E-state index in [4.69, 9.17) is 0 Å². The Bertz CT molecular complexity index is 304. The summed E-state index contributed by atoms with van der Waals surface area (Å²) in [6.07, 6.45) is 2.29. The van der Waals surface area contributed by atoms with Crippen molar-refractivity contribution in [2.24, 2.45) is 0 Å². The number of likely N-dealkylation sites (tertiary alicyclic amines) is 1. The van der Waals surface area contributed by atoms with Crippen LogP contribution in [0.25, 0.3) is 0 Å². The second kappa shape index (κ2) is 5.49. The van der Waals surface area contributed by atoms with Crippen molar-refractivity contribution in [2.45, 2.75) is 51.6 Å². The van der Waals surface area contributed by atoms with E-state index in [-0.39, 0.29) is 18.5 Å². The molecule has 0 spiro atoms. The molecule has 0 bridgehead atoms. The Kier molecular flexibility index (Phi) is 4.51. The highest BCUT2D eigenvalue weighted by atomic mass is 16.4. The van der Waals surface area contributed by atoms with Crippen LogP contribution in [-0.4, -0.2) is 46.6 Å². The SMILES string of the molecule is CC(C)NCC(=O)N1CCCCC1(C)C(=O)O. The van der Waals surface area contributed by atoms with Crippen LogP contribution < -0.4 is 5.32 Å². The Labute approximate surface area is 102 Å². The lowest BCUT2D eigenvalue weighted by Gasteiger charge is -2.41. The van der Waals surface area contributed by atoms with E-state index in [9.17, 15) is 14.7 Å². The van der Waals surface area contributed by atoms with Crippen LogP contribution >= 0.6 is 0 Å². The van der Waals surface area contributed by atoms with Gasteiger partial charge in [-0.3, -0.25) is 4.79 Å². The summed E-state index contributed by atoms with van der Waals surface area (Å²) in [4.78, 5) is 24.8.